The van der Waals surface area contributed by atoms with E-state index in [1.54, 1.807) is 22.1 Å². The molecule has 3 heterocycles. The van der Waals surface area contributed by atoms with Gasteiger partial charge in [0.1, 0.15) is 24.5 Å². The minimum absolute atomic E-state index is 0.155. The van der Waals surface area contributed by atoms with Crippen molar-refractivity contribution in [2.45, 2.75) is 71.3 Å². The molecule has 172 valence electrons. The van der Waals surface area contributed by atoms with Gasteiger partial charge in [-0.3, -0.25) is 0 Å². The van der Waals surface area contributed by atoms with Gasteiger partial charge in [0.2, 0.25) is 0 Å². The minimum atomic E-state index is -1.12. The van der Waals surface area contributed by atoms with Crippen LogP contribution in [0.3, 0.4) is 0 Å². The summed E-state index contributed by atoms with van der Waals surface area (Å²) >= 11 is 0. The average molecular weight is 449 g/mol. The van der Waals surface area contributed by atoms with Crippen LogP contribution in [0.15, 0.2) is 12.5 Å². The number of likely N-dealkylation sites (tertiary alicyclic amines) is 1. The highest BCUT2D eigenvalue weighted by Crippen LogP contribution is 2.27. The van der Waals surface area contributed by atoms with Crippen molar-refractivity contribution in [3.8, 4) is 0 Å². The lowest BCUT2D eigenvalue weighted by molar-refractivity contribution is 0.0292. The second-order valence-corrected chi connectivity index (χ2v) is 16.0. The maximum atomic E-state index is 12.4. The Hall–Kier alpha value is -2.20. The van der Waals surface area contributed by atoms with Gasteiger partial charge in [-0.15, -0.1) is 0 Å². The number of amides is 1. The Morgan fingerprint density at radius 1 is 1.29 bits per heavy atom. The highest BCUT2D eigenvalue weighted by atomic mass is 28.3. The van der Waals surface area contributed by atoms with Crippen molar-refractivity contribution in [3.63, 3.8) is 0 Å². The average Bonchev–Trinajstić information content (AvgIpc) is 3.30. The highest BCUT2D eigenvalue weighted by molar-refractivity contribution is 6.76. The lowest BCUT2D eigenvalue weighted by Gasteiger charge is -2.27. The molecule has 1 saturated heterocycles. The highest BCUT2D eigenvalue weighted by Gasteiger charge is 2.33. The fourth-order valence-corrected chi connectivity index (χ4v) is 4.27. The molecule has 0 unspecified atom stereocenters. The Kier molecular flexibility index (Phi) is 6.90. The van der Waals surface area contributed by atoms with Gasteiger partial charge in [-0.2, -0.15) is 5.10 Å². The number of likely N-dealkylation sites (N-methyl/N-ethyl adjacent to an activating group) is 1. The largest absolute Gasteiger partial charge is 0.444 e. The molecule has 9 nitrogen and oxygen atoms in total. The van der Waals surface area contributed by atoms with Crippen molar-refractivity contribution in [1.82, 2.24) is 24.6 Å². The number of hydrogen-bond donors (Lipinski definition) is 0. The predicted octanol–water partition coefficient (Wildman–Crippen LogP) is 3.58. The van der Waals surface area contributed by atoms with Crippen LogP contribution in [0.25, 0.3) is 11.0 Å². The molecule has 1 aliphatic rings. The molecule has 0 aliphatic carbocycles. The van der Waals surface area contributed by atoms with Crippen LogP contribution in [0, 0.1) is 0 Å². The van der Waals surface area contributed by atoms with Gasteiger partial charge in [0.05, 0.1) is 11.6 Å². The number of aromatic nitrogens is 4. The first-order valence-electron chi connectivity index (χ1n) is 10.9. The number of anilines is 1. The van der Waals surface area contributed by atoms with Crippen LogP contribution in [0.4, 0.5) is 10.6 Å². The first kappa shape index (κ1) is 23.5. The van der Waals surface area contributed by atoms with E-state index in [1.165, 1.54) is 0 Å². The number of carbonyl (C=O) groups is 1. The normalized spacial score (nSPS) is 17.4. The van der Waals surface area contributed by atoms with Crippen LogP contribution in [0.2, 0.25) is 25.7 Å². The van der Waals surface area contributed by atoms with Gasteiger partial charge >= 0.3 is 6.09 Å². The van der Waals surface area contributed by atoms with E-state index in [0.29, 0.717) is 19.8 Å². The summed E-state index contributed by atoms with van der Waals surface area (Å²) in [5, 5.41) is 5.36. The van der Waals surface area contributed by atoms with E-state index < -0.39 is 13.7 Å². The topological polar surface area (TPSA) is 85.6 Å². The predicted molar refractivity (Wildman–Crippen MR) is 124 cm³/mol. The molecular formula is C21H36N6O3Si. The van der Waals surface area contributed by atoms with Crippen LogP contribution in [-0.2, 0) is 16.2 Å². The molecule has 0 N–H and O–H groups in total. The molecule has 0 radical (unpaired) electrons. The molecule has 1 aliphatic heterocycles. The second-order valence-electron chi connectivity index (χ2n) is 10.4. The Morgan fingerprint density at radius 3 is 2.71 bits per heavy atom. The zero-order chi connectivity index (χ0) is 22.8. The fourth-order valence-electron chi connectivity index (χ4n) is 3.51. The number of carbonyl (C=O) groups excluding carboxylic acids is 1. The molecule has 1 amide bonds. The van der Waals surface area contributed by atoms with Gasteiger partial charge in [-0.1, -0.05) is 19.6 Å². The van der Waals surface area contributed by atoms with E-state index >= 15 is 0 Å². The van der Waals surface area contributed by atoms with Crippen molar-refractivity contribution in [2.75, 3.05) is 31.6 Å². The number of fused-ring (bicyclic) bond motifs is 1. The van der Waals surface area contributed by atoms with Crippen LogP contribution in [-0.4, -0.2) is 77.2 Å². The molecule has 31 heavy (non-hydrogen) atoms. The molecule has 1 atom stereocenters. The molecule has 1 fully saturated rings. The summed E-state index contributed by atoms with van der Waals surface area (Å²) in [5.74, 6) is 0.814. The Labute approximate surface area is 185 Å². The van der Waals surface area contributed by atoms with Crippen LogP contribution in [0.5, 0.6) is 0 Å². The van der Waals surface area contributed by atoms with Crippen molar-refractivity contribution >= 4 is 31.0 Å². The van der Waals surface area contributed by atoms with Crippen molar-refractivity contribution in [3.05, 3.63) is 12.5 Å². The van der Waals surface area contributed by atoms with E-state index in [-0.39, 0.29) is 12.1 Å². The van der Waals surface area contributed by atoms with Crippen LogP contribution < -0.4 is 4.90 Å². The molecule has 0 bridgehead atoms. The molecule has 0 aromatic carbocycles. The molecule has 0 saturated carbocycles. The smallest absolute Gasteiger partial charge is 0.410 e. The summed E-state index contributed by atoms with van der Waals surface area (Å²) in [7, 11) is 0.884. The summed E-state index contributed by atoms with van der Waals surface area (Å²) < 4.78 is 13.1. The number of hydrogen-bond acceptors (Lipinski definition) is 7. The molecular weight excluding hydrogens is 412 g/mol. The summed E-state index contributed by atoms with van der Waals surface area (Å²) in [5.41, 5.74) is 0.262. The van der Waals surface area contributed by atoms with Gasteiger partial charge in [0.15, 0.2) is 5.65 Å². The molecule has 0 spiro atoms. The first-order chi connectivity index (χ1) is 14.4. The molecule has 2 aromatic heterocycles. The number of rotatable bonds is 7. The van der Waals surface area contributed by atoms with E-state index in [1.807, 2.05) is 27.8 Å². The van der Waals surface area contributed by atoms with Gasteiger partial charge in [0.25, 0.3) is 0 Å². The number of nitrogens with zero attached hydrogens (tertiary/aromatic N) is 6. The van der Waals surface area contributed by atoms with Crippen LogP contribution >= 0.6 is 0 Å². The Balaban J connectivity index is 1.66. The van der Waals surface area contributed by atoms with E-state index in [0.717, 1.165) is 35.9 Å². The standard InChI is InChI=1S/C21H36N6O3Si/c1-21(2,3)30-20(28)26-9-8-16(13-26)25(4)18-17-12-24-27(19(17)23-14-22-18)15-29-10-11-31(5,6)7/h12,14,16H,8-11,13,15H2,1-7H3/t16-/m1/s1. The fraction of sp³-hybridized carbons (Fsp3) is 0.714. The van der Waals surface area contributed by atoms with Crippen molar-refractivity contribution in [2.24, 2.45) is 0 Å². The number of ether oxygens (including phenoxy) is 2. The molecule has 3 rings (SSSR count). The summed E-state index contributed by atoms with van der Waals surface area (Å²) in [6, 6.07) is 1.27. The maximum Gasteiger partial charge on any atom is 0.410 e. The maximum absolute atomic E-state index is 12.4. The third-order valence-electron chi connectivity index (χ3n) is 5.32. The van der Waals surface area contributed by atoms with Crippen molar-refractivity contribution < 1.29 is 14.3 Å². The van der Waals surface area contributed by atoms with Gasteiger partial charge in [-0.25, -0.2) is 19.4 Å². The van der Waals surface area contributed by atoms with Gasteiger partial charge < -0.3 is 19.3 Å². The van der Waals surface area contributed by atoms with Gasteiger partial charge in [0, 0.05) is 40.9 Å². The zero-order valence-electron chi connectivity index (χ0n) is 19.9. The summed E-state index contributed by atoms with van der Waals surface area (Å²) in [6.45, 7) is 15.0. The van der Waals surface area contributed by atoms with Crippen molar-refractivity contribution in [1.29, 1.82) is 0 Å². The molecule has 2 aromatic rings. The summed E-state index contributed by atoms with van der Waals surface area (Å²) in [6.07, 6.45) is 3.95. The second kappa shape index (κ2) is 9.11. The monoisotopic (exact) mass is 448 g/mol. The molecule has 10 heteroatoms. The van der Waals surface area contributed by atoms with Gasteiger partial charge in [-0.05, 0) is 33.2 Å². The quantitative estimate of drug-likeness (QED) is 0.473. The third-order valence-corrected chi connectivity index (χ3v) is 7.02. The van der Waals surface area contributed by atoms with Crippen LogP contribution in [0.1, 0.15) is 27.2 Å². The van der Waals surface area contributed by atoms with E-state index in [4.69, 9.17) is 9.47 Å². The zero-order valence-corrected chi connectivity index (χ0v) is 20.9. The third kappa shape index (κ3) is 6.16. The Bertz CT molecular complexity index is 905. The van der Waals surface area contributed by atoms with E-state index in [9.17, 15) is 4.79 Å². The van der Waals surface area contributed by atoms with E-state index in [2.05, 4.69) is 39.6 Å². The SMILES string of the molecule is CN(c1ncnc2c1cnn2COCC[Si](C)(C)C)[C@@H]1CCN(C(=O)OC(C)(C)C)C1. The Morgan fingerprint density at radius 2 is 2.03 bits per heavy atom. The lowest BCUT2D eigenvalue weighted by Crippen LogP contribution is -2.39. The lowest BCUT2D eigenvalue weighted by atomic mass is 10.2. The first-order valence-corrected chi connectivity index (χ1v) is 14.6. The minimum Gasteiger partial charge on any atom is -0.444 e. The summed E-state index contributed by atoms with van der Waals surface area (Å²) in [4.78, 5) is 25.2.